The van der Waals surface area contributed by atoms with Gasteiger partial charge < -0.3 is 4.90 Å². The van der Waals surface area contributed by atoms with Gasteiger partial charge in [-0.1, -0.05) is 66.2 Å². The Bertz CT molecular complexity index is 493. The van der Waals surface area contributed by atoms with Crippen molar-refractivity contribution in [2.75, 3.05) is 18.0 Å². The molecular weight excluding hydrogens is 318 g/mol. The maximum Gasteiger partial charge on any atom is 0.150 e. The zero-order chi connectivity index (χ0) is 19.4. The van der Waals surface area contributed by atoms with Gasteiger partial charge in [0.25, 0.3) is 0 Å². The van der Waals surface area contributed by atoms with E-state index in [1.165, 1.54) is 57.1 Å². The van der Waals surface area contributed by atoms with Crippen LogP contribution in [0.2, 0.25) is 0 Å². The molecule has 26 heavy (non-hydrogen) atoms. The fourth-order valence-electron chi connectivity index (χ4n) is 3.73. The Kier molecular flexibility index (Phi) is 11.3. The highest BCUT2D eigenvalue weighted by Gasteiger charge is 2.18. The molecule has 0 aromatic heterocycles. The van der Waals surface area contributed by atoms with Gasteiger partial charge >= 0.3 is 0 Å². The van der Waals surface area contributed by atoms with Crippen molar-refractivity contribution in [1.82, 2.24) is 0 Å². The van der Waals surface area contributed by atoms with Crippen molar-refractivity contribution in [3.63, 3.8) is 0 Å². The minimum Gasteiger partial charge on any atom is -0.371 e. The summed E-state index contributed by atoms with van der Waals surface area (Å²) in [6.45, 7) is 13.5. The summed E-state index contributed by atoms with van der Waals surface area (Å²) in [5, 5.41) is 0. The summed E-state index contributed by atoms with van der Waals surface area (Å²) in [6.07, 6.45) is 11.3. The Hall–Kier alpha value is -1.31. The third kappa shape index (κ3) is 7.51. The minimum absolute atomic E-state index is 0.754. The first-order valence-electron chi connectivity index (χ1n) is 10.9. The van der Waals surface area contributed by atoms with Crippen molar-refractivity contribution in [1.29, 1.82) is 0 Å². The molecule has 0 amide bonds. The second kappa shape index (κ2) is 12.9. The molecule has 0 radical (unpaired) electrons. The normalized spacial score (nSPS) is 13.4. The fraction of sp³-hybridized carbons (Fsp3) is 0.708. The molecule has 2 atom stereocenters. The molecule has 0 heterocycles. The van der Waals surface area contributed by atoms with Gasteiger partial charge in [0, 0.05) is 24.3 Å². The lowest BCUT2D eigenvalue weighted by atomic mass is 9.95. The van der Waals surface area contributed by atoms with Crippen molar-refractivity contribution in [2.24, 2.45) is 11.8 Å². The maximum atomic E-state index is 11.2. The van der Waals surface area contributed by atoms with E-state index in [-0.39, 0.29) is 0 Å². The monoisotopic (exact) mass is 359 g/mol. The first-order valence-corrected chi connectivity index (χ1v) is 10.9. The zero-order valence-corrected chi connectivity index (χ0v) is 17.9. The molecule has 0 saturated carbocycles. The molecule has 1 aromatic rings. The van der Waals surface area contributed by atoms with E-state index in [0.717, 1.165) is 42.3 Å². The molecule has 1 rings (SSSR count). The van der Waals surface area contributed by atoms with Crippen LogP contribution in [-0.2, 0) is 0 Å². The number of unbranched alkanes of at least 4 members (excludes halogenated alkanes) is 2. The number of nitrogens with zero attached hydrogens (tertiary/aromatic N) is 1. The number of benzene rings is 1. The molecule has 0 aliphatic carbocycles. The van der Waals surface area contributed by atoms with Crippen LogP contribution >= 0.6 is 0 Å². The Morgan fingerprint density at radius 1 is 0.923 bits per heavy atom. The molecule has 2 nitrogen and oxygen atoms in total. The molecule has 0 fully saturated rings. The van der Waals surface area contributed by atoms with E-state index in [1.807, 2.05) is 13.0 Å². The zero-order valence-electron chi connectivity index (χ0n) is 17.9. The van der Waals surface area contributed by atoms with E-state index in [0.29, 0.717) is 0 Å². The predicted octanol–water partition coefficient (Wildman–Crippen LogP) is 7.05. The van der Waals surface area contributed by atoms with Crippen molar-refractivity contribution < 1.29 is 4.79 Å². The van der Waals surface area contributed by atoms with E-state index in [2.05, 4.69) is 44.7 Å². The average molecular weight is 360 g/mol. The number of aryl methyl sites for hydroxylation is 1. The summed E-state index contributed by atoms with van der Waals surface area (Å²) in [5.41, 5.74) is 3.19. The van der Waals surface area contributed by atoms with Crippen molar-refractivity contribution in [3.8, 4) is 0 Å². The minimum atomic E-state index is 0.754. The fourth-order valence-corrected chi connectivity index (χ4v) is 3.73. The average Bonchev–Trinajstić information content (AvgIpc) is 2.66. The Labute approximate surface area is 162 Å². The summed E-state index contributed by atoms with van der Waals surface area (Å²) >= 11 is 0. The van der Waals surface area contributed by atoms with Gasteiger partial charge in [-0.2, -0.15) is 0 Å². The number of rotatable bonds is 14. The second-order valence-electron chi connectivity index (χ2n) is 7.90. The summed E-state index contributed by atoms with van der Waals surface area (Å²) in [6, 6.07) is 6.35. The van der Waals surface area contributed by atoms with Gasteiger partial charge in [-0.05, 0) is 55.4 Å². The Morgan fingerprint density at radius 3 is 1.85 bits per heavy atom. The summed E-state index contributed by atoms with van der Waals surface area (Å²) in [7, 11) is 0. The van der Waals surface area contributed by atoms with Gasteiger partial charge in [0.2, 0.25) is 0 Å². The van der Waals surface area contributed by atoms with Crippen molar-refractivity contribution in [2.45, 2.75) is 86.0 Å². The largest absolute Gasteiger partial charge is 0.371 e. The van der Waals surface area contributed by atoms with Gasteiger partial charge in [-0.25, -0.2) is 0 Å². The van der Waals surface area contributed by atoms with Crippen LogP contribution < -0.4 is 4.90 Å². The summed E-state index contributed by atoms with van der Waals surface area (Å²) in [4.78, 5) is 13.8. The third-order valence-electron chi connectivity index (χ3n) is 5.79. The molecule has 2 unspecified atom stereocenters. The smallest absolute Gasteiger partial charge is 0.150 e. The van der Waals surface area contributed by atoms with Gasteiger partial charge in [-0.3, -0.25) is 4.79 Å². The lowest BCUT2D eigenvalue weighted by Gasteiger charge is -2.33. The van der Waals surface area contributed by atoms with Gasteiger partial charge in [0.15, 0.2) is 0 Å². The van der Waals surface area contributed by atoms with E-state index >= 15 is 0 Å². The lowest BCUT2D eigenvalue weighted by molar-refractivity contribution is 0.112. The van der Waals surface area contributed by atoms with Crippen LogP contribution in [0.15, 0.2) is 18.2 Å². The van der Waals surface area contributed by atoms with Crippen LogP contribution in [0.5, 0.6) is 0 Å². The topological polar surface area (TPSA) is 20.3 Å². The SMILES string of the molecule is CCCCC(CC)CN(CC(CC)CCCC)c1ccc(C=O)c(C)c1. The summed E-state index contributed by atoms with van der Waals surface area (Å²) in [5.74, 6) is 1.51. The van der Waals surface area contributed by atoms with Crippen LogP contribution in [0, 0.1) is 18.8 Å². The quantitative estimate of drug-likeness (QED) is 0.332. The Balaban J connectivity index is 2.98. The molecule has 148 valence electrons. The number of hydrogen-bond acceptors (Lipinski definition) is 2. The first-order chi connectivity index (χ1) is 12.6. The number of carbonyl (C=O) groups excluding carboxylic acids is 1. The molecular formula is C24H41NO. The number of anilines is 1. The second-order valence-corrected chi connectivity index (χ2v) is 7.90. The molecule has 2 heteroatoms. The van der Waals surface area contributed by atoms with E-state index in [9.17, 15) is 4.79 Å². The first kappa shape index (κ1) is 22.7. The van der Waals surface area contributed by atoms with E-state index < -0.39 is 0 Å². The van der Waals surface area contributed by atoms with Crippen LogP contribution in [0.25, 0.3) is 0 Å². The van der Waals surface area contributed by atoms with Crippen LogP contribution in [0.4, 0.5) is 5.69 Å². The van der Waals surface area contributed by atoms with Crippen LogP contribution in [0.1, 0.15) is 95.0 Å². The molecule has 1 aromatic carbocycles. The van der Waals surface area contributed by atoms with Gasteiger partial charge in [0.05, 0.1) is 0 Å². The molecule has 0 N–H and O–H groups in total. The highest BCUT2D eigenvalue weighted by molar-refractivity contribution is 5.78. The number of hydrogen-bond donors (Lipinski definition) is 0. The summed E-state index contributed by atoms with van der Waals surface area (Å²) < 4.78 is 0. The molecule has 0 saturated heterocycles. The van der Waals surface area contributed by atoms with Crippen LogP contribution in [0.3, 0.4) is 0 Å². The predicted molar refractivity (Wildman–Crippen MR) is 115 cm³/mol. The third-order valence-corrected chi connectivity index (χ3v) is 5.79. The molecule has 0 aliphatic heterocycles. The highest BCUT2D eigenvalue weighted by atomic mass is 16.1. The van der Waals surface area contributed by atoms with Gasteiger partial charge in [-0.15, -0.1) is 0 Å². The van der Waals surface area contributed by atoms with Crippen LogP contribution in [-0.4, -0.2) is 19.4 Å². The maximum absolute atomic E-state index is 11.2. The van der Waals surface area contributed by atoms with E-state index in [4.69, 9.17) is 0 Å². The highest BCUT2D eigenvalue weighted by Crippen LogP contribution is 2.25. The Morgan fingerprint density at radius 2 is 1.46 bits per heavy atom. The van der Waals surface area contributed by atoms with Crippen molar-refractivity contribution >= 4 is 12.0 Å². The molecule has 0 spiro atoms. The van der Waals surface area contributed by atoms with Gasteiger partial charge in [0.1, 0.15) is 6.29 Å². The van der Waals surface area contributed by atoms with E-state index in [1.54, 1.807) is 0 Å². The number of aldehydes is 1. The molecule has 0 aliphatic rings. The lowest BCUT2D eigenvalue weighted by Crippen LogP contribution is -2.34. The standard InChI is InChI=1S/C24H41NO/c1-6-10-12-21(8-3)17-25(18-22(9-4)13-11-7-2)24-15-14-23(19-26)20(5)16-24/h14-16,19,21-22H,6-13,17-18H2,1-5H3. The van der Waals surface area contributed by atoms with Crippen molar-refractivity contribution in [3.05, 3.63) is 29.3 Å². The molecule has 0 bridgehead atoms. The number of carbonyl (C=O) groups is 1.